The molecule has 0 aromatic heterocycles. The minimum absolute atomic E-state index is 0.0197. The average Bonchev–Trinajstić information content (AvgIpc) is 2.66. The van der Waals surface area contributed by atoms with E-state index in [1.165, 1.54) is 0 Å². The highest BCUT2D eigenvalue weighted by Gasteiger charge is 2.44. The van der Waals surface area contributed by atoms with Crippen molar-refractivity contribution in [1.29, 1.82) is 0 Å². The first-order chi connectivity index (χ1) is 13.3. The number of hydrogen-bond donors (Lipinski definition) is 0. The molecule has 2 unspecified atom stereocenters. The van der Waals surface area contributed by atoms with Crippen molar-refractivity contribution in [2.45, 2.75) is 45.3 Å². The van der Waals surface area contributed by atoms with Crippen LogP contribution in [-0.4, -0.2) is 34.2 Å². The molecule has 2 aromatic rings. The van der Waals surface area contributed by atoms with E-state index in [0.29, 0.717) is 16.5 Å². The quantitative estimate of drug-likeness (QED) is 0.678. The Hall–Kier alpha value is -2.04. The monoisotopic (exact) mass is 418 g/mol. The number of rotatable bonds is 4. The Morgan fingerprint density at radius 3 is 2.29 bits per heavy atom. The minimum atomic E-state index is -0.326. The summed E-state index contributed by atoms with van der Waals surface area (Å²) in [5, 5.41) is 1.23. The topological polar surface area (TPSA) is 40.6 Å². The Labute approximate surface area is 176 Å². The van der Waals surface area contributed by atoms with Crippen molar-refractivity contribution < 1.29 is 9.59 Å². The van der Waals surface area contributed by atoms with Crippen LogP contribution in [0.2, 0.25) is 10.0 Å². The number of carbonyl (C=O) groups is 2. The van der Waals surface area contributed by atoms with Crippen LogP contribution >= 0.6 is 23.2 Å². The standard InChI is InChI=1S/C22H24Cl2N2O2/c1-4-19(27)25-13-20(28)26(14(2)3)22(15-8-10-17(23)11-9-15)21(25)16-6-5-7-18(24)12-16/h5-12,14,21-22H,4,13H2,1-3H3. The largest absolute Gasteiger partial charge is 0.329 e. The fourth-order valence-electron chi connectivity index (χ4n) is 3.91. The lowest BCUT2D eigenvalue weighted by molar-refractivity contribution is -0.156. The Kier molecular flexibility index (Phi) is 6.31. The summed E-state index contributed by atoms with van der Waals surface area (Å²) in [5.74, 6) is -0.115. The highest BCUT2D eigenvalue weighted by Crippen LogP contribution is 2.43. The molecule has 6 heteroatoms. The molecule has 4 nitrogen and oxygen atoms in total. The van der Waals surface area contributed by atoms with E-state index in [9.17, 15) is 9.59 Å². The maximum Gasteiger partial charge on any atom is 0.243 e. The summed E-state index contributed by atoms with van der Waals surface area (Å²) in [4.78, 5) is 29.4. The van der Waals surface area contributed by atoms with Gasteiger partial charge in [0.25, 0.3) is 0 Å². The third-order valence-corrected chi connectivity index (χ3v) is 5.60. The van der Waals surface area contributed by atoms with Crippen molar-refractivity contribution in [3.63, 3.8) is 0 Å². The zero-order valence-corrected chi connectivity index (χ0v) is 17.7. The highest BCUT2D eigenvalue weighted by molar-refractivity contribution is 6.30. The van der Waals surface area contributed by atoms with Crippen LogP contribution in [0.3, 0.4) is 0 Å². The maximum atomic E-state index is 13.0. The van der Waals surface area contributed by atoms with Gasteiger partial charge in [-0.2, -0.15) is 0 Å². The van der Waals surface area contributed by atoms with Gasteiger partial charge in [-0.15, -0.1) is 0 Å². The van der Waals surface area contributed by atoms with Crippen LogP contribution in [-0.2, 0) is 9.59 Å². The maximum absolute atomic E-state index is 13.0. The van der Waals surface area contributed by atoms with E-state index in [0.717, 1.165) is 11.1 Å². The Morgan fingerprint density at radius 1 is 1.04 bits per heavy atom. The molecular formula is C22H24Cl2N2O2. The molecule has 1 heterocycles. The third-order valence-electron chi connectivity index (χ3n) is 5.11. The molecule has 1 aliphatic heterocycles. The van der Waals surface area contributed by atoms with Gasteiger partial charge in [0.05, 0.1) is 12.1 Å². The summed E-state index contributed by atoms with van der Waals surface area (Å²) in [6.07, 6.45) is 0.333. The van der Waals surface area contributed by atoms with E-state index in [-0.39, 0.29) is 36.5 Å². The van der Waals surface area contributed by atoms with Crippen LogP contribution in [0.15, 0.2) is 48.5 Å². The molecule has 0 aliphatic carbocycles. The van der Waals surface area contributed by atoms with Gasteiger partial charge in [-0.25, -0.2) is 0 Å². The molecule has 1 aliphatic rings. The van der Waals surface area contributed by atoms with Gasteiger partial charge >= 0.3 is 0 Å². The van der Waals surface area contributed by atoms with Crippen molar-refractivity contribution in [3.8, 4) is 0 Å². The van der Waals surface area contributed by atoms with Crippen molar-refractivity contribution in [3.05, 3.63) is 69.7 Å². The Morgan fingerprint density at radius 2 is 1.71 bits per heavy atom. The fraction of sp³-hybridized carbons (Fsp3) is 0.364. The van der Waals surface area contributed by atoms with Crippen molar-refractivity contribution in [1.82, 2.24) is 9.80 Å². The van der Waals surface area contributed by atoms with Gasteiger partial charge in [0.2, 0.25) is 11.8 Å². The SMILES string of the molecule is CCC(=O)N1CC(=O)N(C(C)C)C(c2ccc(Cl)cc2)C1c1cccc(Cl)c1. The molecule has 148 valence electrons. The molecule has 1 fully saturated rings. The van der Waals surface area contributed by atoms with Gasteiger partial charge < -0.3 is 9.80 Å². The number of halogens is 2. The lowest BCUT2D eigenvalue weighted by atomic mass is 9.87. The van der Waals surface area contributed by atoms with E-state index in [1.54, 1.807) is 4.90 Å². The molecule has 0 bridgehead atoms. The zero-order valence-electron chi connectivity index (χ0n) is 16.2. The highest BCUT2D eigenvalue weighted by atomic mass is 35.5. The second kappa shape index (κ2) is 8.54. The first-order valence-electron chi connectivity index (χ1n) is 9.45. The molecule has 0 radical (unpaired) electrons. The van der Waals surface area contributed by atoms with E-state index in [2.05, 4.69) is 0 Å². The molecule has 1 saturated heterocycles. The van der Waals surface area contributed by atoms with E-state index >= 15 is 0 Å². The molecule has 0 N–H and O–H groups in total. The summed E-state index contributed by atoms with van der Waals surface area (Å²) in [7, 11) is 0. The predicted molar refractivity (Wildman–Crippen MR) is 112 cm³/mol. The second-order valence-corrected chi connectivity index (χ2v) is 8.14. The second-order valence-electron chi connectivity index (χ2n) is 7.27. The van der Waals surface area contributed by atoms with E-state index < -0.39 is 0 Å². The van der Waals surface area contributed by atoms with Gasteiger partial charge in [0.1, 0.15) is 6.54 Å². The van der Waals surface area contributed by atoms with Crippen molar-refractivity contribution in [2.75, 3.05) is 6.54 Å². The van der Waals surface area contributed by atoms with Gasteiger partial charge in [0, 0.05) is 22.5 Å². The number of carbonyl (C=O) groups excluding carboxylic acids is 2. The van der Waals surface area contributed by atoms with Gasteiger partial charge in [-0.3, -0.25) is 9.59 Å². The molecular weight excluding hydrogens is 395 g/mol. The normalized spacial score (nSPS) is 20.0. The fourth-order valence-corrected chi connectivity index (χ4v) is 4.24. The van der Waals surface area contributed by atoms with Gasteiger partial charge in [-0.1, -0.05) is 54.4 Å². The molecule has 28 heavy (non-hydrogen) atoms. The lowest BCUT2D eigenvalue weighted by Gasteiger charge is -2.49. The zero-order chi connectivity index (χ0) is 20.4. The smallest absolute Gasteiger partial charge is 0.243 e. The third kappa shape index (κ3) is 4.03. The van der Waals surface area contributed by atoms with Gasteiger partial charge in [-0.05, 0) is 49.2 Å². The number of hydrogen-bond acceptors (Lipinski definition) is 2. The summed E-state index contributed by atoms with van der Waals surface area (Å²) < 4.78 is 0. The van der Waals surface area contributed by atoms with Crippen LogP contribution < -0.4 is 0 Å². The Balaban J connectivity index is 2.21. The molecule has 2 amide bonds. The van der Waals surface area contributed by atoms with Crippen molar-refractivity contribution in [2.24, 2.45) is 0 Å². The summed E-state index contributed by atoms with van der Waals surface area (Å²) >= 11 is 12.4. The lowest BCUT2D eigenvalue weighted by Crippen LogP contribution is -2.57. The number of nitrogens with zero attached hydrogens (tertiary/aromatic N) is 2. The minimum Gasteiger partial charge on any atom is -0.329 e. The summed E-state index contributed by atoms with van der Waals surface area (Å²) in [6, 6.07) is 14.3. The number of piperazine rings is 1. The first kappa shape index (κ1) is 20.7. The Bertz CT molecular complexity index is 867. The van der Waals surface area contributed by atoms with Gasteiger partial charge in [0.15, 0.2) is 0 Å². The molecule has 2 aromatic carbocycles. The number of amides is 2. The average molecular weight is 419 g/mol. The summed E-state index contributed by atoms with van der Waals surface area (Å²) in [6.45, 7) is 5.86. The van der Waals surface area contributed by atoms with Crippen molar-refractivity contribution >= 4 is 35.0 Å². The van der Waals surface area contributed by atoms with Crippen LogP contribution in [0.25, 0.3) is 0 Å². The van der Waals surface area contributed by atoms with E-state index in [1.807, 2.05) is 74.2 Å². The molecule has 3 rings (SSSR count). The van der Waals surface area contributed by atoms with Crippen LogP contribution in [0.4, 0.5) is 0 Å². The predicted octanol–water partition coefficient (Wildman–Crippen LogP) is 5.27. The number of benzene rings is 2. The van der Waals surface area contributed by atoms with Crippen LogP contribution in [0, 0.1) is 0 Å². The molecule has 2 atom stereocenters. The van der Waals surface area contributed by atoms with Crippen LogP contribution in [0.5, 0.6) is 0 Å². The molecule has 0 saturated carbocycles. The summed E-state index contributed by atoms with van der Waals surface area (Å²) in [5.41, 5.74) is 1.84. The molecule has 0 spiro atoms. The van der Waals surface area contributed by atoms with E-state index in [4.69, 9.17) is 23.2 Å². The van der Waals surface area contributed by atoms with Crippen LogP contribution in [0.1, 0.15) is 50.4 Å². The first-order valence-corrected chi connectivity index (χ1v) is 10.2.